The summed E-state index contributed by atoms with van der Waals surface area (Å²) in [4.78, 5) is 24.3. The molecule has 0 aliphatic rings. The molecule has 0 amide bonds. The van der Waals surface area contributed by atoms with Gasteiger partial charge in [-0.05, 0) is 18.6 Å². The largest absolute Gasteiger partial charge is 1.00 e. The maximum Gasteiger partial charge on any atom is 1.00 e. The quantitative estimate of drug-likeness (QED) is 0.183. The van der Waals surface area contributed by atoms with Crippen molar-refractivity contribution in [1.29, 1.82) is 0 Å². The molecule has 0 saturated heterocycles. The van der Waals surface area contributed by atoms with Crippen LogP contribution in [0.4, 0.5) is 0 Å². The number of esters is 2. The molecular weight excluding hydrogens is 407 g/mol. The van der Waals surface area contributed by atoms with E-state index in [4.69, 9.17) is 9.47 Å². The molecule has 9 heteroatoms. The Kier molecular flexibility index (Phi) is 15.3. The molecule has 29 heavy (non-hydrogen) atoms. The molecule has 0 unspecified atom stereocenters. The maximum absolute atomic E-state index is 12.2. The fraction of sp³-hybridized carbons (Fsp3) is 0.600. The van der Waals surface area contributed by atoms with Gasteiger partial charge in [0.1, 0.15) is 6.61 Å². The number of ether oxygens (including phenoxy) is 2. The molecule has 0 atom stereocenters. The van der Waals surface area contributed by atoms with Crippen LogP contribution in [0.1, 0.15) is 79.0 Å². The first-order valence-corrected chi connectivity index (χ1v) is 11.3. The fourth-order valence-electron chi connectivity index (χ4n) is 2.63. The summed E-state index contributed by atoms with van der Waals surface area (Å²) >= 11 is 0. The molecule has 0 aliphatic heterocycles. The van der Waals surface area contributed by atoms with Crippen LogP contribution in [0, 0.1) is 0 Å². The average molecular weight is 437 g/mol. The van der Waals surface area contributed by atoms with Crippen molar-refractivity contribution in [3.8, 4) is 0 Å². The van der Waals surface area contributed by atoms with E-state index in [0.29, 0.717) is 0 Å². The number of rotatable bonds is 14. The Morgan fingerprint density at radius 3 is 1.76 bits per heavy atom. The van der Waals surface area contributed by atoms with Gasteiger partial charge in [0.15, 0.2) is 0 Å². The molecule has 0 aromatic heterocycles. The average Bonchev–Trinajstić information content (AvgIpc) is 2.65. The summed E-state index contributed by atoms with van der Waals surface area (Å²) in [6, 6.07) is 5.97. The molecule has 0 N–H and O–H groups in total. The molecule has 0 fully saturated rings. The molecule has 7 nitrogen and oxygen atoms in total. The molecule has 0 saturated carbocycles. The Balaban J connectivity index is 0.00000784. The van der Waals surface area contributed by atoms with Gasteiger partial charge in [-0.1, -0.05) is 64.0 Å². The van der Waals surface area contributed by atoms with Crippen molar-refractivity contribution in [3.63, 3.8) is 0 Å². The summed E-state index contributed by atoms with van der Waals surface area (Å²) < 4.78 is 41.7. The van der Waals surface area contributed by atoms with Crippen molar-refractivity contribution in [2.24, 2.45) is 0 Å². The van der Waals surface area contributed by atoms with E-state index in [1.807, 2.05) is 0 Å². The molecule has 0 heterocycles. The Hall–Kier alpha value is -0.930. The van der Waals surface area contributed by atoms with Crippen LogP contribution in [0.3, 0.4) is 0 Å². The number of carbonyl (C=O) groups excluding carboxylic acids is 2. The summed E-state index contributed by atoms with van der Waals surface area (Å²) in [6.07, 6.45) is 9.01. The number of carbonyl (C=O) groups is 2. The summed E-state index contributed by atoms with van der Waals surface area (Å²) in [5.41, 5.74) is 0.0313. The number of hydrogen-bond acceptors (Lipinski definition) is 7. The Morgan fingerprint density at radius 1 is 0.828 bits per heavy atom. The van der Waals surface area contributed by atoms with Gasteiger partial charge >= 0.3 is 41.5 Å². The zero-order valence-corrected chi connectivity index (χ0v) is 20.2. The summed E-state index contributed by atoms with van der Waals surface area (Å²) in [7, 11) is -4.47. The van der Waals surface area contributed by atoms with E-state index in [1.165, 1.54) is 44.2 Å². The molecule has 0 spiro atoms. The second-order valence-electron chi connectivity index (χ2n) is 6.55. The van der Waals surface area contributed by atoms with Gasteiger partial charge in [-0.2, -0.15) is 0 Å². The number of unbranched alkanes of at least 4 members (excludes halogenated alkanes) is 7. The van der Waals surface area contributed by atoms with Crippen molar-refractivity contribution in [2.75, 3.05) is 19.0 Å². The maximum atomic E-state index is 12.2. The Morgan fingerprint density at radius 2 is 1.28 bits per heavy atom. The van der Waals surface area contributed by atoms with Crippen molar-refractivity contribution in [3.05, 3.63) is 35.4 Å². The SMILES string of the molecule is CCCCCCCCCCOC(=O)c1ccccc1C(=O)OCCS(=O)(=O)[O-].[Na+]. The second kappa shape index (κ2) is 15.8. The minimum absolute atomic E-state index is 0. The van der Waals surface area contributed by atoms with E-state index in [1.54, 1.807) is 12.1 Å². The molecule has 1 aromatic carbocycles. The van der Waals surface area contributed by atoms with Crippen LogP contribution in [-0.4, -0.2) is 43.9 Å². The monoisotopic (exact) mass is 436 g/mol. The number of hydrogen-bond donors (Lipinski definition) is 0. The number of benzene rings is 1. The van der Waals surface area contributed by atoms with Gasteiger partial charge in [0.25, 0.3) is 0 Å². The molecule has 1 aromatic rings. The van der Waals surface area contributed by atoms with Crippen molar-refractivity contribution in [2.45, 2.75) is 58.3 Å². The zero-order chi connectivity index (χ0) is 20.8. The van der Waals surface area contributed by atoms with E-state index in [-0.39, 0.29) is 47.3 Å². The van der Waals surface area contributed by atoms with Crippen LogP contribution in [0.5, 0.6) is 0 Å². The van der Waals surface area contributed by atoms with Gasteiger partial charge in [-0.15, -0.1) is 0 Å². The van der Waals surface area contributed by atoms with Crippen molar-refractivity contribution < 1.29 is 61.6 Å². The van der Waals surface area contributed by atoms with Crippen LogP contribution in [0.15, 0.2) is 24.3 Å². The van der Waals surface area contributed by atoms with E-state index in [0.717, 1.165) is 19.3 Å². The van der Waals surface area contributed by atoms with Crippen molar-refractivity contribution in [1.82, 2.24) is 0 Å². The van der Waals surface area contributed by atoms with Crippen LogP contribution in [0.2, 0.25) is 0 Å². The molecule has 0 aliphatic carbocycles. The zero-order valence-electron chi connectivity index (χ0n) is 17.4. The van der Waals surface area contributed by atoms with E-state index >= 15 is 0 Å². The Labute approximate surface area is 195 Å². The van der Waals surface area contributed by atoms with Crippen LogP contribution < -0.4 is 29.6 Å². The summed E-state index contributed by atoms with van der Waals surface area (Å²) in [5.74, 6) is -2.32. The van der Waals surface area contributed by atoms with Crippen LogP contribution in [0.25, 0.3) is 0 Å². The standard InChI is InChI=1S/C20H30O7S.Na/c1-2-3-4-5-6-7-8-11-14-26-19(21)17-12-9-10-13-18(17)20(22)27-15-16-28(23,24)25;/h9-10,12-13H,2-8,11,14-16H2,1H3,(H,23,24,25);/q;+1/p-1. The second-order valence-corrected chi connectivity index (χ2v) is 8.08. The van der Waals surface area contributed by atoms with Gasteiger partial charge in [0.2, 0.25) is 0 Å². The minimum atomic E-state index is -4.47. The van der Waals surface area contributed by atoms with Gasteiger partial charge in [-0.25, -0.2) is 18.0 Å². The first-order valence-electron chi connectivity index (χ1n) is 9.72. The summed E-state index contributed by atoms with van der Waals surface area (Å²) in [5, 5.41) is 0. The van der Waals surface area contributed by atoms with Gasteiger partial charge in [0, 0.05) is 0 Å². The normalized spacial score (nSPS) is 10.8. The van der Waals surface area contributed by atoms with Crippen molar-refractivity contribution >= 4 is 22.1 Å². The molecule has 1 rings (SSSR count). The van der Waals surface area contributed by atoms with E-state index in [9.17, 15) is 22.6 Å². The van der Waals surface area contributed by atoms with Crippen LogP contribution in [-0.2, 0) is 19.6 Å². The third-order valence-corrected chi connectivity index (χ3v) is 4.83. The van der Waals surface area contributed by atoms with Gasteiger partial charge in [-0.3, -0.25) is 0 Å². The van der Waals surface area contributed by atoms with Gasteiger partial charge in [0.05, 0.1) is 33.6 Å². The minimum Gasteiger partial charge on any atom is -0.748 e. The molecular formula is C20H29NaO7S. The predicted molar refractivity (Wildman–Crippen MR) is 104 cm³/mol. The summed E-state index contributed by atoms with van der Waals surface area (Å²) in [6.45, 7) is 1.89. The molecule has 0 bridgehead atoms. The third kappa shape index (κ3) is 13.1. The van der Waals surface area contributed by atoms with E-state index in [2.05, 4.69) is 6.92 Å². The smallest absolute Gasteiger partial charge is 0.748 e. The first-order chi connectivity index (χ1) is 13.3. The third-order valence-electron chi connectivity index (χ3n) is 4.16. The van der Waals surface area contributed by atoms with E-state index < -0.39 is 34.4 Å². The predicted octanol–water partition coefficient (Wildman–Crippen LogP) is 0.690. The first kappa shape index (κ1) is 28.1. The topological polar surface area (TPSA) is 110 Å². The molecule has 158 valence electrons. The van der Waals surface area contributed by atoms with Crippen LogP contribution >= 0.6 is 0 Å². The van der Waals surface area contributed by atoms with Gasteiger partial charge < -0.3 is 14.0 Å². The fourth-order valence-corrected chi connectivity index (χ4v) is 2.92. The Bertz CT molecular complexity index is 719. The molecule has 0 radical (unpaired) electrons.